The van der Waals surface area contributed by atoms with E-state index in [0.717, 1.165) is 0 Å². The lowest BCUT2D eigenvalue weighted by molar-refractivity contribution is -0.461. The van der Waals surface area contributed by atoms with Crippen molar-refractivity contribution in [3.63, 3.8) is 0 Å². The molecule has 0 aromatic heterocycles. The highest BCUT2D eigenvalue weighted by atomic mass is 19.4. The average Bonchev–Trinajstić information content (AvgIpc) is 0.699. The molecule has 0 bridgehead atoms. The molecule has 23 nitrogen and oxygen atoms in total. The Hall–Kier alpha value is -2.11. The van der Waals surface area contributed by atoms with E-state index in [2.05, 4.69) is 0 Å². The van der Waals surface area contributed by atoms with Crippen molar-refractivity contribution < 1.29 is 184 Å². The molecule has 96 heavy (non-hydrogen) atoms. The van der Waals surface area contributed by atoms with E-state index < -0.39 is 73.7 Å². The molecule has 0 aliphatic heterocycles. The van der Waals surface area contributed by atoms with E-state index in [4.69, 9.17) is 109 Å². The minimum absolute atomic E-state index is 0.00905. The third kappa shape index (κ3) is 43.0. The number of methoxy groups -OCH3 is 1. The quantitative estimate of drug-likeness (QED) is 0.0453. The molecule has 0 atom stereocenters. The van der Waals surface area contributed by atoms with Gasteiger partial charge in [0.25, 0.3) is 0 Å². The summed E-state index contributed by atoms with van der Waals surface area (Å²) < 4.78 is 351. The van der Waals surface area contributed by atoms with Crippen molar-refractivity contribution in [2.45, 2.75) is 60.5 Å². The second-order valence-corrected chi connectivity index (χ2v) is 19.2. The Bertz CT molecular complexity index is 1720. The maximum atomic E-state index is 14.0. The lowest BCUT2D eigenvalue weighted by Crippen LogP contribution is -2.74. The van der Waals surface area contributed by atoms with Gasteiger partial charge in [-0.1, -0.05) is 0 Å². The van der Waals surface area contributed by atoms with E-state index in [1.165, 1.54) is 0 Å². The molecule has 0 heterocycles. The number of hydrogen-bond acceptors (Lipinski definition) is 23. The number of alkyl halides is 17. The van der Waals surface area contributed by atoms with E-state index in [0.29, 0.717) is 238 Å². The van der Waals surface area contributed by atoms with Gasteiger partial charge in [0, 0.05) is 20.1 Å². The summed E-state index contributed by atoms with van der Waals surface area (Å²) >= 11 is 0. The monoisotopic (exact) mass is 1460 g/mol. The van der Waals surface area contributed by atoms with E-state index in [9.17, 15) is 74.6 Å². The SMILES string of the molecule is COCCOCCOCCOCCOCCOCCOCCOCCOCCOCCOCCOCCOCCOCCOCCOCCOCCOCCOCCOCCOCCOCCOCCCC(F)(F)C(F)(F)C(F)(F)C(F)(F)C(F)(F)C(F)(F)C(F)(F)C(F)(F)F. The van der Waals surface area contributed by atoms with Gasteiger partial charge >= 0.3 is 47.6 Å². The molecule has 0 spiro atoms. The summed E-state index contributed by atoms with van der Waals surface area (Å²) in [7, 11) is 1.63. The van der Waals surface area contributed by atoms with E-state index in [1.807, 2.05) is 0 Å². The average molecular weight is 1460 g/mol. The standard InChI is InChI=1S/C56H97F17O23/c1-74-5-6-76-9-10-78-13-14-80-17-18-82-21-22-84-25-26-86-29-30-88-33-34-90-37-38-92-41-42-94-45-46-96-48-47-95-44-43-93-40-39-91-36-35-89-32-31-87-28-27-85-24-23-83-20-19-81-16-15-79-12-11-77-8-7-75-4-2-3-49(57,58)50(59,60)51(61,62)52(63,64)53(65,66)54(67,68)55(69,70)56(71,72)73/h2-48H2,1H3. The lowest BCUT2D eigenvalue weighted by Gasteiger charge is -2.42. The third-order valence-electron chi connectivity index (χ3n) is 11.8. The van der Waals surface area contributed by atoms with Crippen molar-refractivity contribution in [2.75, 3.05) is 304 Å². The lowest BCUT2D eigenvalue weighted by atomic mass is 9.88. The number of halogens is 17. The Morgan fingerprint density at radius 3 is 0.427 bits per heavy atom. The summed E-state index contributed by atoms with van der Waals surface area (Å²) in [5.74, 6) is -56.5. The van der Waals surface area contributed by atoms with Crippen LogP contribution in [0, 0.1) is 0 Å². The molecule has 0 aliphatic carbocycles. The largest absolute Gasteiger partial charge is 0.460 e. The molecular weight excluding hydrogens is 1360 g/mol. The van der Waals surface area contributed by atoms with E-state index in [-0.39, 0.29) is 46.2 Å². The molecule has 0 aliphatic rings. The van der Waals surface area contributed by atoms with Crippen LogP contribution in [-0.4, -0.2) is 352 Å². The number of rotatable bonds is 76. The van der Waals surface area contributed by atoms with Gasteiger partial charge in [-0.25, -0.2) is 0 Å². The van der Waals surface area contributed by atoms with Gasteiger partial charge in [0.2, 0.25) is 0 Å². The van der Waals surface area contributed by atoms with Gasteiger partial charge in [0.05, 0.1) is 291 Å². The van der Waals surface area contributed by atoms with Crippen molar-refractivity contribution >= 4 is 0 Å². The van der Waals surface area contributed by atoms with Crippen LogP contribution >= 0.6 is 0 Å². The Kier molecular flexibility index (Phi) is 57.1. The van der Waals surface area contributed by atoms with Gasteiger partial charge in [-0.15, -0.1) is 0 Å². The van der Waals surface area contributed by atoms with Gasteiger partial charge < -0.3 is 109 Å². The molecule has 0 unspecified atom stereocenters. The molecule has 0 radical (unpaired) electrons. The molecule has 0 aromatic carbocycles. The van der Waals surface area contributed by atoms with Gasteiger partial charge in [-0.3, -0.25) is 0 Å². The molecule has 578 valence electrons. The molecule has 0 amide bonds. The van der Waals surface area contributed by atoms with Crippen LogP contribution in [0.1, 0.15) is 12.8 Å². The zero-order valence-corrected chi connectivity index (χ0v) is 54.0. The fraction of sp³-hybridized carbons (Fsp3) is 1.00. The Morgan fingerprint density at radius 1 is 0.156 bits per heavy atom. The second kappa shape index (κ2) is 58.4. The highest BCUT2D eigenvalue weighted by molar-refractivity contribution is 5.15. The van der Waals surface area contributed by atoms with Crippen molar-refractivity contribution in [2.24, 2.45) is 0 Å². The van der Waals surface area contributed by atoms with Crippen LogP contribution in [0.2, 0.25) is 0 Å². The van der Waals surface area contributed by atoms with Crippen LogP contribution in [0.25, 0.3) is 0 Å². The molecule has 0 N–H and O–H groups in total. The molecule has 0 fully saturated rings. The van der Waals surface area contributed by atoms with Crippen molar-refractivity contribution in [1.29, 1.82) is 0 Å². The van der Waals surface area contributed by atoms with Gasteiger partial charge in [-0.05, 0) is 6.42 Å². The molecular formula is C56H97F17O23. The zero-order valence-electron chi connectivity index (χ0n) is 54.0. The molecule has 40 heteroatoms. The first-order chi connectivity index (χ1) is 45.8. The summed E-state index contributed by atoms with van der Waals surface area (Å²) in [6, 6.07) is 0. The van der Waals surface area contributed by atoms with Crippen LogP contribution in [0.5, 0.6) is 0 Å². The number of hydrogen-bond donors (Lipinski definition) is 0. The maximum absolute atomic E-state index is 14.0. The molecule has 0 saturated carbocycles. The summed E-state index contributed by atoms with van der Waals surface area (Å²) in [6.45, 7) is 14.8. The van der Waals surface area contributed by atoms with Crippen molar-refractivity contribution in [3.8, 4) is 0 Å². The first-order valence-electron chi connectivity index (χ1n) is 30.7. The van der Waals surface area contributed by atoms with Crippen molar-refractivity contribution in [3.05, 3.63) is 0 Å². The van der Waals surface area contributed by atoms with Crippen LogP contribution in [0.3, 0.4) is 0 Å². The predicted molar refractivity (Wildman–Crippen MR) is 300 cm³/mol. The summed E-state index contributed by atoms with van der Waals surface area (Å²) in [5, 5.41) is 0. The highest BCUT2D eigenvalue weighted by Crippen LogP contribution is 2.64. The molecule has 0 saturated heterocycles. The smallest absolute Gasteiger partial charge is 0.382 e. The molecule has 0 rings (SSSR count). The van der Waals surface area contributed by atoms with Gasteiger partial charge in [0.1, 0.15) is 0 Å². The summed E-state index contributed by atoms with van der Waals surface area (Å²) in [6.07, 6.45) is -11.8. The Morgan fingerprint density at radius 2 is 0.281 bits per heavy atom. The van der Waals surface area contributed by atoms with Gasteiger partial charge in [-0.2, -0.15) is 74.6 Å². The Labute approximate surface area is 547 Å². The highest BCUT2D eigenvalue weighted by Gasteiger charge is 2.95. The van der Waals surface area contributed by atoms with Crippen LogP contribution < -0.4 is 0 Å². The van der Waals surface area contributed by atoms with Crippen LogP contribution in [0.15, 0.2) is 0 Å². The first kappa shape index (κ1) is 93.9. The van der Waals surface area contributed by atoms with Crippen LogP contribution in [0.4, 0.5) is 74.6 Å². The third-order valence-corrected chi connectivity index (χ3v) is 11.8. The normalized spacial score (nSPS) is 13.3. The topological polar surface area (TPSA) is 212 Å². The minimum Gasteiger partial charge on any atom is -0.382 e. The fourth-order valence-electron chi connectivity index (χ4n) is 6.61. The predicted octanol–water partition coefficient (Wildman–Crippen LogP) is 6.79. The zero-order chi connectivity index (χ0) is 71.5. The van der Waals surface area contributed by atoms with Crippen LogP contribution in [-0.2, 0) is 109 Å². The van der Waals surface area contributed by atoms with E-state index in [1.54, 1.807) is 7.11 Å². The van der Waals surface area contributed by atoms with Gasteiger partial charge in [0.15, 0.2) is 0 Å². The fourth-order valence-corrected chi connectivity index (χ4v) is 6.61. The first-order valence-corrected chi connectivity index (χ1v) is 30.7. The number of ether oxygens (including phenoxy) is 23. The second-order valence-electron chi connectivity index (χ2n) is 19.2. The summed E-state index contributed by atoms with van der Waals surface area (Å²) in [5.41, 5.74) is 0. The van der Waals surface area contributed by atoms with Crippen molar-refractivity contribution in [1.82, 2.24) is 0 Å². The minimum atomic E-state index is -8.66. The molecule has 0 aromatic rings. The summed E-state index contributed by atoms with van der Waals surface area (Å²) in [4.78, 5) is 0. The maximum Gasteiger partial charge on any atom is 0.460 e. The van der Waals surface area contributed by atoms with E-state index >= 15 is 0 Å². The Balaban J connectivity index is 3.42.